The number of hydrogen-bond acceptors (Lipinski definition) is 3. The van der Waals surface area contributed by atoms with Crippen molar-refractivity contribution in [3.8, 4) is 11.4 Å². The minimum Gasteiger partial charge on any atom is -0.350 e. The first kappa shape index (κ1) is 17.9. The number of imidazole rings is 1. The van der Waals surface area contributed by atoms with E-state index in [2.05, 4.69) is 15.4 Å². The summed E-state index contributed by atoms with van der Waals surface area (Å²) >= 11 is 5.33. The Labute approximate surface area is 167 Å². The molecule has 0 saturated carbocycles. The maximum Gasteiger partial charge on any atom is 0.269 e. The first-order chi connectivity index (χ1) is 13.7. The average molecular weight is 389 g/mol. The van der Waals surface area contributed by atoms with Gasteiger partial charge in [0.25, 0.3) is 5.91 Å². The van der Waals surface area contributed by atoms with Gasteiger partial charge in [-0.25, -0.2) is 4.68 Å². The van der Waals surface area contributed by atoms with Crippen LogP contribution in [0.3, 0.4) is 0 Å². The zero-order chi connectivity index (χ0) is 19.3. The minimum atomic E-state index is -0.174. The van der Waals surface area contributed by atoms with E-state index in [1.807, 2.05) is 77.7 Å². The first-order valence-corrected chi connectivity index (χ1v) is 9.36. The molecule has 0 saturated heterocycles. The molecule has 2 N–H and O–H groups in total. The maximum atomic E-state index is 12.6. The highest BCUT2D eigenvalue weighted by Crippen LogP contribution is 2.12. The van der Waals surface area contributed by atoms with Crippen molar-refractivity contribution >= 4 is 18.1 Å². The SMILES string of the molecule is O=C(NCCc1cnn(-c2ccccc2)c1)c1c[nH]c(=S)n1-c1ccccc1. The number of aromatic nitrogens is 4. The molecule has 0 radical (unpaired) electrons. The first-order valence-electron chi connectivity index (χ1n) is 8.95. The van der Waals surface area contributed by atoms with E-state index >= 15 is 0 Å². The van der Waals surface area contributed by atoms with Crippen molar-refractivity contribution in [2.24, 2.45) is 0 Å². The monoisotopic (exact) mass is 389 g/mol. The van der Waals surface area contributed by atoms with Gasteiger partial charge in [0.1, 0.15) is 5.69 Å². The van der Waals surface area contributed by atoms with E-state index in [0.29, 0.717) is 23.4 Å². The average Bonchev–Trinajstić information content (AvgIpc) is 3.36. The molecule has 0 aliphatic rings. The van der Waals surface area contributed by atoms with Gasteiger partial charge in [-0.15, -0.1) is 0 Å². The molecule has 4 rings (SSSR count). The zero-order valence-corrected chi connectivity index (χ0v) is 15.9. The molecule has 1 amide bonds. The number of nitrogens with one attached hydrogen (secondary N) is 2. The van der Waals surface area contributed by atoms with Crippen LogP contribution in [-0.4, -0.2) is 31.8 Å². The Bertz CT molecular complexity index is 1130. The number of hydrogen-bond donors (Lipinski definition) is 2. The van der Waals surface area contributed by atoms with Crippen LogP contribution in [0.1, 0.15) is 16.1 Å². The highest BCUT2D eigenvalue weighted by Gasteiger charge is 2.14. The quantitative estimate of drug-likeness (QED) is 0.494. The molecule has 0 unspecified atom stereocenters. The van der Waals surface area contributed by atoms with Crippen LogP contribution in [-0.2, 0) is 6.42 Å². The van der Waals surface area contributed by atoms with Gasteiger partial charge in [-0.2, -0.15) is 5.10 Å². The van der Waals surface area contributed by atoms with E-state index < -0.39 is 0 Å². The second kappa shape index (κ2) is 8.06. The summed E-state index contributed by atoms with van der Waals surface area (Å²) < 4.78 is 4.05. The summed E-state index contributed by atoms with van der Waals surface area (Å²) in [4.78, 5) is 15.6. The number of H-pyrrole nitrogens is 1. The Morgan fingerprint density at radius 2 is 1.71 bits per heavy atom. The van der Waals surface area contributed by atoms with Gasteiger partial charge in [0.2, 0.25) is 0 Å². The normalized spacial score (nSPS) is 10.7. The van der Waals surface area contributed by atoms with Crippen LogP contribution in [0.25, 0.3) is 11.4 Å². The van der Waals surface area contributed by atoms with Crippen LogP contribution in [0.15, 0.2) is 79.3 Å². The van der Waals surface area contributed by atoms with E-state index in [1.165, 1.54) is 0 Å². The molecule has 7 heteroatoms. The molecule has 0 fully saturated rings. The number of amides is 1. The van der Waals surface area contributed by atoms with Crippen LogP contribution >= 0.6 is 12.2 Å². The second-order valence-corrected chi connectivity index (χ2v) is 6.67. The van der Waals surface area contributed by atoms with Crippen molar-refractivity contribution in [2.75, 3.05) is 6.54 Å². The van der Waals surface area contributed by atoms with Gasteiger partial charge in [-0.1, -0.05) is 36.4 Å². The van der Waals surface area contributed by atoms with Crippen molar-refractivity contribution in [3.05, 3.63) is 95.3 Å². The van der Waals surface area contributed by atoms with E-state index in [9.17, 15) is 4.79 Å². The maximum absolute atomic E-state index is 12.6. The van der Waals surface area contributed by atoms with E-state index in [-0.39, 0.29) is 5.91 Å². The predicted octanol–water partition coefficient (Wildman–Crippen LogP) is 3.69. The zero-order valence-electron chi connectivity index (χ0n) is 15.1. The Kier molecular flexibility index (Phi) is 5.16. The largest absolute Gasteiger partial charge is 0.350 e. The summed E-state index contributed by atoms with van der Waals surface area (Å²) in [6.07, 6.45) is 6.12. The third-order valence-corrected chi connectivity index (χ3v) is 4.68. The van der Waals surface area contributed by atoms with E-state index in [1.54, 1.807) is 10.8 Å². The molecular weight excluding hydrogens is 370 g/mol. The summed E-state index contributed by atoms with van der Waals surface area (Å²) in [5, 5.41) is 7.34. The van der Waals surface area contributed by atoms with Crippen molar-refractivity contribution in [2.45, 2.75) is 6.42 Å². The Morgan fingerprint density at radius 3 is 2.43 bits per heavy atom. The highest BCUT2D eigenvalue weighted by atomic mass is 32.1. The lowest BCUT2D eigenvalue weighted by atomic mass is 10.2. The van der Waals surface area contributed by atoms with E-state index in [0.717, 1.165) is 16.9 Å². The van der Waals surface area contributed by atoms with Crippen LogP contribution in [0, 0.1) is 4.77 Å². The molecule has 28 heavy (non-hydrogen) atoms. The molecule has 0 spiro atoms. The minimum absolute atomic E-state index is 0.174. The molecule has 0 atom stereocenters. The molecule has 140 valence electrons. The van der Waals surface area contributed by atoms with Crippen molar-refractivity contribution in [1.29, 1.82) is 0 Å². The van der Waals surface area contributed by atoms with Crippen molar-refractivity contribution in [1.82, 2.24) is 24.6 Å². The Morgan fingerprint density at radius 1 is 1.04 bits per heavy atom. The van der Waals surface area contributed by atoms with Gasteiger partial charge in [0.15, 0.2) is 4.77 Å². The number of carbonyl (C=O) groups excluding carboxylic acids is 1. The van der Waals surface area contributed by atoms with Gasteiger partial charge < -0.3 is 10.3 Å². The van der Waals surface area contributed by atoms with Gasteiger partial charge in [0, 0.05) is 24.6 Å². The molecule has 0 aliphatic heterocycles. The lowest BCUT2D eigenvalue weighted by Crippen LogP contribution is -2.27. The molecule has 2 aromatic carbocycles. The lowest BCUT2D eigenvalue weighted by Gasteiger charge is -2.08. The molecule has 6 nitrogen and oxygen atoms in total. The fourth-order valence-electron chi connectivity index (χ4n) is 2.99. The van der Waals surface area contributed by atoms with Crippen LogP contribution in [0.2, 0.25) is 0 Å². The molecular formula is C21H19N5OS. The van der Waals surface area contributed by atoms with Crippen LogP contribution in [0.5, 0.6) is 0 Å². The molecule has 2 aromatic heterocycles. The summed E-state index contributed by atoms with van der Waals surface area (Å²) in [7, 11) is 0. The number of para-hydroxylation sites is 2. The van der Waals surface area contributed by atoms with Gasteiger partial charge in [0.05, 0.1) is 11.9 Å². The number of carbonyl (C=O) groups is 1. The molecule has 4 aromatic rings. The number of aromatic amines is 1. The third-order valence-electron chi connectivity index (χ3n) is 4.38. The lowest BCUT2D eigenvalue weighted by molar-refractivity contribution is 0.0947. The molecule has 0 bridgehead atoms. The smallest absolute Gasteiger partial charge is 0.269 e. The van der Waals surface area contributed by atoms with Gasteiger partial charge in [-0.05, 0) is 48.5 Å². The summed E-state index contributed by atoms with van der Waals surface area (Å²) in [6.45, 7) is 0.506. The third kappa shape index (κ3) is 3.79. The van der Waals surface area contributed by atoms with Crippen LogP contribution in [0.4, 0.5) is 0 Å². The second-order valence-electron chi connectivity index (χ2n) is 6.28. The summed E-state index contributed by atoms with van der Waals surface area (Å²) in [5.41, 5.74) is 3.39. The standard InChI is InChI=1S/C21H19N5OS/c27-20(19-14-23-21(28)26(19)18-9-5-2-6-10-18)22-12-11-16-13-24-25(15-16)17-7-3-1-4-8-17/h1-10,13-15H,11-12H2,(H,22,27)(H,23,28). The van der Waals surface area contributed by atoms with Gasteiger partial charge >= 0.3 is 0 Å². The summed E-state index contributed by atoms with van der Waals surface area (Å²) in [5.74, 6) is -0.174. The molecule has 0 aliphatic carbocycles. The topological polar surface area (TPSA) is 67.6 Å². The van der Waals surface area contributed by atoms with Crippen molar-refractivity contribution in [3.63, 3.8) is 0 Å². The van der Waals surface area contributed by atoms with Gasteiger partial charge in [-0.3, -0.25) is 9.36 Å². The number of rotatable bonds is 6. The van der Waals surface area contributed by atoms with E-state index in [4.69, 9.17) is 12.2 Å². The molecule has 2 heterocycles. The van der Waals surface area contributed by atoms with Crippen molar-refractivity contribution < 1.29 is 4.79 Å². The predicted molar refractivity (Wildman–Crippen MR) is 111 cm³/mol. The number of nitrogens with zero attached hydrogens (tertiary/aromatic N) is 3. The fraction of sp³-hybridized carbons (Fsp3) is 0.0952. The Balaban J connectivity index is 1.41. The fourth-order valence-corrected chi connectivity index (χ4v) is 3.25. The van der Waals surface area contributed by atoms with Crippen LogP contribution < -0.4 is 5.32 Å². The highest BCUT2D eigenvalue weighted by molar-refractivity contribution is 7.71. The number of benzene rings is 2. The Hall–Kier alpha value is -3.45. The summed E-state index contributed by atoms with van der Waals surface area (Å²) in [6, 6.07) is 19.5.